The standard InChI is InChI=1S/C14H20ClNO/c1-17-14-4-2-3-13(9-14)16-10-11-5-7-12(15)8-6-11/h5-8,13-14,16H,2-4,9-10H2,1H3. The highest BCUT2D eigenvalue weighted by Gasteiger charge is 2.20. The summed E-state index contributed by atoms with van der Waals surface area (Å²) in [4.78, 5) is 0. The molecule has 1 aliphatic rings. The first-order valence-corrected chi connectivity index (χ1v) is 6.66. The maximum atomic E-state index is 5.86. The van der Waals surface area contributed by atoms with Crippen LogP contribution in [0.4, 0.5) is 0 Å². The third-order valence-electron chi connectivity index (χ3n) is 3.47. The van der Waals surface area contributed by atoms with Crippen molar-refractivity contribution in [3.05, 3.63) is 34.9 Å². The smallest absolute Gasteiger partial charge is 0.0586 e. The van der Waals surface area contributed by atoms with Gasteiger partial charge < -0.3 is 10.1 Å². The number of halogens is 1. The van der Waals surface area contributed by atoms with Crippen LogP contribution in [0, 0.1) is 0 Å². The highest BCUT2D eigenvalue weighted by atomic mass is 35.5. The highest BCUT2D eigenvalue weighted by Crippen LogP contribution is 2.21. The second-order valence-electron chi connectivity index (χ2n) is 4.73. The second-order valence-corrected chi connectivity index (χ2v) is 5.17. The minimum Gasteiger partial charge on any atom is -0.381 e. The summed E-state index contributed by atoms with van der Waals surface area (Å²) in [5, 5.41) is 4.40. The van der Waals surface area contributed by atoms with E-state index in [0.717, 1.165) is 18.0 Å². The molecule has 0 aromatic heterocycles. The fraction of sp³-hybridized carbons (Fsp3) is 0.571. The molecule has 1 aliphatic carbocycles. The topological polar surface area (TPSA) is 21.3 Å². The summed E-state index contributed by atoms with van der Waals surface area (Å²) in [6, 6.07) is 8.62. The molecule has 1 aromatic carbocycles. The van der Waals surface area contributed by atoms with Crippen molar-refractivity contribution in [3.8, 4) is 0 Å². The third kappa shape index (κ3) is 3.98. The van der Waals surface area contributed by atoms with Crippen LogP contribution in [0.3, 0.4) is 0 Å². The van der Waals surface area contributed by atoms with Gasteiger partial charge in [0.1, 0.15) is 0 Å². The molecule has 94 valence electrons. The van der Waals surface area contributed by atoms with Crippen LogP contribution < -0.4 is 5.32 Å². The van der Waals surface area contributed by atoms with Crippen LogP contribution in [-0.2, 0) is 11.3 Å². The Bertz CT molecular complexity index is 339. The molecule has 1 fully saturated rings. The van der Waals surface area contributed by atoms with Gasteiger partial charge in [0.15, 0.2) is 0 Å². The van der Waals surface area contributed by atoms with Crippen molar-refractivity contribution in [3.63, 3.8) is 0 Å². The van der Waals surface area contributed by atoms with Gasteiger partial charge in [0.05, 0.1) is 6.10 Å². The van der Waals surface area contributed by atoms with Gasteiger partial charge in [-0.15, -0.1) is 0 Å². The van der Waals surface area contributed by atoms with Gasteiger partial charge in [-0.3, -0.25) is 0 Å². The van der Waals surface area contributed by atoms with E-state index in [0.29, 0.717) is 12.1 Å². The molecule has 0 saturated heterocycles. The summed E-state index contributed by atoms with van der Waals surface area (Å²) in [7, 11) is 1.81. The highest BCUT2D eigenvalue weighted by molar-refractivity contribution is 6.30. The molecule has 0 bridgehead atoms. The van der Waals surface area contributed by atoms with E-state index < -0.39 is 0 Å². The maximum absolute atomic E-state index is 5.86. The lowest BCUT2D eigenvalue weighted by molar-refractivity contribution is 0.0586. The molecule has 17 heavy (non-hydrogen) atoms. The number of hydrogen-bond donors (Lipinski definition) is 1. The number of hydrogen-bond acceptors (Lipinski definition) is 2. The summed E-state index contributed by atoms with van der Waals surface area (Å²) < 4.78 is 5.43. The van der Waals surface area contributed by atoms with Crippen molar-refractivity contribution < 1.29 is 4.74 Å². The predicted octanol–water partition coefficient (Wildman–Crippen LogP) is 3.39. The second kappa shape index (κ2) is 6.39. The van der Waals surface area contributed by atoms with E-state index >= 15 is 0 Å². The number of nitrogens with one attached hydrogen (secondary N) is 1. The molecular formula is C14H20ClNO. The minimum absolute atomic E-state index is 0.437. The molecular weight excluding hydrogens is 234 g/mol. The van der Waals surface area contributed by atoms with Crippen molar-refractivity contribution in [2.45, 2.75) is 44.4 Å². The summed E-state index contributed by atoms with van der Waals surface area (Å²) in [6.45, 7) is 0.915. The van der Waals surface area contributed by atoms with E-state index in [4.69, 9.17) is 16.3 Å². The fourth-order valence-corrected chi connectivity index (χ4v) is 2.53. The lowest BCUT2D eigenvalue weighted by atomic mass is 9.93. The van der Waals surface area contributed by atoms with Gasteiger partial charge in [-0.25, -0.2) is 0 Å². The molecule has 0 amide bonds. The quantitative estimate of drug-likeness (QED) is 0.888. The van der Waals surface area contributed by atoms with Gasteiger partial charge in [0, 0.05) is 24.7 Å². The van der Waals surface area contributed by atoms with Crippen LogP contribution in [0.25, 0.3) is 0 Å². The monoisotopic (exact) mass is 253 g/mol. The SMILES string of the molecule is COC1CCCC(NCc2ccc(Cl)cc2)C1. The average Bonchev–Trinajstić information content (AvgIpc) is 2.38. The van der Waals surface area contributed by atoms with E-state index in [1.54, 1.807) is 0 Å². The summed E-state index contributed by atoms with van der Waals surface area (Å²) in [6.07, 6.45) is 5.29. The van der Waals surface area contributed by atoms with E-state index in [9.17, 15) is 0 Å². The van der Waals surface area contributed by atoms with Gasteiger partial charge in [-0.1, -0.05) is 23.7 Å². The Morgan fingerprint density at radius 1 is 1.29 bits per heavy atom. The average molecular weight is 254 g/mol. The number of rotatable bonds is 4. The Hall–Kier alpha value is -0.570. The van der Waals surface area contributed by atoms with Crippen LogP contribution in [0.5, 0.6) is 0 Å². The number of methoxy groups -OCH3 is 1. The molecule has 1 saturated carbocycles. The van der Waals surface area contributed by atoms with Gasteiger partial charge in [-0.2, -0.15) is 0 Å². The lowest BCUT2D eigenvalue weighted by Crippen LogP contribution is -2.36. The molecule has 2 nitrogen and oxygen atoms in total. The van der Waals surface area contributed by atoms with Crippen LogP contribution in [0.2, 0.25) is 5.02 Å². The molecule has 2 rings (SSSR count). The lowest BCUT2D eigenvalue weighted by Gasteiger charge is -2.29. The first kappa shape index (κ1) is 12.9. The summed E-state index contributed by atoms with van der Waals surface area (Å²) in [5.74, 6) is 0. The number of benzene rings is 1. The predicted molar refractivity (Wildman–Crippen MR) is 71.3 cm³/mol. The summed E-state index contributed by atoms with van der Waals surface area (Å²) >= 11 is 5.86. The van der Waals surface area contributed by atoms with Gasteiger partial charge in [0.2, 0.25) is 0 Å². The molecule has 0 heterocycles. The van der Waals surface area contributed by atoms with E-state index in [-0.39, 0.29) is 0 Å². The first-order valence-electron chi connectivity index (χ1n) is 6.28. The van der Waals surface area contributed by atoms with Crippen molar-refractivity contribution >= 4 is 11.6 Å². The first-order chi connectivity index (χ1) is 8.28. The van der Waals surface area contributed by atoms with E-state index in [1.165, 1.54) is 24.8 Å². The molecule has 1 aromatic rings. The Balaban J connectivity index is 1.79. The zero-order chi connectivity index (χ0) is 12.1. The Kier molecular flexibility index (Phi) is 4.84. The molecule has 2 atom stereocenters. The zero-order valence-corrected chi connectivity index (χ0v) is 11.0. The van der Waals surface area contributed by atoms with E-state index in [1.807, 2.05) is 19.2 Å². The Morgan fingerprint density at radius 3 is 2.76 bits per heavy atom. The van der Waals surface area contributed by atoms with Gasteiger partial charge in [0.25, 0.3) is 0 Å². The molecule has 0 radical (unpaired) electrons. The molecule has 3 heteroatoms. The fourth-order valence-electron chi connectivity index (χ4n) is 2.41. The largest absolute Gasteiger partial charge is 0.381 e. The van der Waals surface area contributed by atoms with Crippen LogP contribution in [0.1, 0.15) is 31.2 Å². The van der Waals surface area contributed by atoms with Crippen LogP contribution in [-0.4, -0.2) is 19.3 Å². The normalized spacial score (nSPS) is 24.8. The van der Waals surface area contributed by atoms with Crippen LogP contribution in [0.15, 0.2) is 24.3 Å². The molecule has 0 spiro atoms. The van der Waals surface area contributed by atoms with Crippen molar-refractivity contribution in [1.82, 2.24) is 5.32 Å². The van der Waals surface area contributed by atoms with Gasteiger partial charge in [-0.05, 0) is 43.4 Å². The van der Waals surface area contributed by atoms with Gasteiger partial charge >= 0.3 is 0 Å². The van der Waals surface area contributed by atoms with Crippen molar-refractivity contribution in [2.24, 2.45) is 0 Å². The Morgan fingerprint density at radius 2 is 2.06 bits per heavy atom. The molecule has 0 aliphatic heterocycles. The zero-order valence-electron chi connectivity index (χ0n) is 10.3. The Labute approximate surface area is 108 Å². The summed E-state index contributed by atoms with van der Waals surface area (Å²) in [5.41, 5.74) is 1.29. The molecule has 1 N–H and O–H groups in total. The van der Waals surface area contributed by atoms with Crippen molar-refractivity contribution in [1.29, 1.82) is 0 Å². The van der Waals surface area contributed by atoms with E-state index in [2.05, 4.69) is 17.4 Å². The number of ether oxygens (including phenoxy) is 1. The molecule has 2 unspecified atom stereocenters. The third-order valence-corrected chi connectivity index (χ3v) is 3.72. The van der Waals surface area contributed by atoms with Crippen LogP contribution >= 0.6 is 11.6 Å². The maximum Gasteiger partial charge on any atom is 0.0586 e. The minimum atomic E-state index is 0.437. The van der Waals surface area contributed by atoms with Crippen molar-refractivity contribution in [2.75, 3.05) is 7.11 Å².